The van der Waals surface area contributed by atoms with Crippen LogP contribution in [0.2, 0.25) is 5.02 Å². The van der Waals surface area contributed by atoms with Gasteiger partial charge in [0.25, 0.3) is 5.91 Å². The highest BCUT2D eigenvalue weighted by molar-refractivity contribution is 8.00. The fraction of sp³-hybridized carbons (Fsp3) is 0.0870. The molecule has 6 nitrogen and oxygen atoms in total. The van der Waals surface area contributed by atoms with Crippen molar-refractivity contribution in [3.63, 3.8) is 0 Å². The van der Waals surface area contributed by atoms with Gasteiger partial charge < -0.3 is 15.7 Å². The molecular formula is C23H19ClN2O4S. The van der Waals surface area contributed by atoms with Gasteiger partial charge in [-0.2, -0.15) is 0 Å². The third kappa shape index (κ3) is 6.34. The van der Waals surface area contributed by atoms with Crippen LogP contribution >= 0.6 is 23.4 Å². The third-order valence-corrected chi connectivity index (χ3v) is 5.57. The van der Waals surface area contributed by atoms with Crippen LogP contribution in [-0.4, -0.2) is 28.6 Å². The number of carboxylic acids is 1. The van der Waals surface area contributed by atoms with Crippen LogP contribution in [0.5, 0.6) is 0 Å². The van der Waals surface area contributed by atoms with Crippen LogP contribution in [-0.2, 0) is 4.79 Å². The maximum Gasteiger partial charge on any atom is 0.335 e. The van der Waals surface area contributed by atoms with Gasteiger partial charge in [-0.15, -0.1) is 11.8 Å². The van der Waals surface area contributed by atoms with Crippen LogP contribution in [0.3, 0.4) is 0 Å². The van der Waals surface area contributed by atoms with Gasteiger partial charge in [-0.1, -0.05) is 23.7 Å². The number of amides is 2. The number of nitrogens with one attached hydrogen (secondary N) is 2. The highest BCUT2D eigenvalue weighted by Crippen LogP contribution is 2.22. The van der Waals surface area contributed by atoms with Gasteiger partial charge in [0.05, 0.1) is 11.3 Å². The number of hydrogen-bond acceptors (Lipinski definition) is 4. The molecule has 0 aliphatic heterocycles. The van der Waals surface area contributed by atoms with Crippen molar-refractivity contribution in [3.8, 4) is 0 Å². The Morgan fingerprint density at radius 1 is 0.935 bits per heavy atom. The monoisotopic (exact) mass is 454 g/mol. The van der Waals surface area contributed by atoms with Crippen LogP contribution in [0.4, 0.5) is 11.4 Å². The summed E-state index contributed by atoms with van der Waals surface area (Å²) in [5.41, 5.74) is 2.46. The van der Waals surface area contributed by atoms with Gasteiger partial charge >= 0.3 is 5.97 Å². The maximum absolute atomic E-state index is 12.3. The average Bonchev–Trinajstić information content (AvgIpc) is 2.74. The molecule has 0 saturated carbocycles. The number of carbonyl (C=O) groups excluding carboxylic acids is 2. The molecule has 3 aromatic rings. The first-order valence-corrected chi connectivity index (χ1v) is 10.6. The smallest absolute Gasteiger partial charge is 0.335 e. The lowest BCUT2D eigenvalue weighted by atomic mass is 10.1. The quantitative estimate of drug-likeness (QED) is 0.419. The zero-order chi connectivity index (χ0) is 22.4. The summed E-state index contributed by atoms with van der Waals surface area (Å²) in [6, 6.07) is 18.4. The van der Waals surface area contributed by atoms with E-state index < -0.39 is 5.97 Å². The molecule has 0 aromatic heterocycles. The molecule has 0 fully saturated rings. The summed E-state index contributed by atoms with van der Waals surface area (Å²) in [4.78, 5) is 36.5. The lowest BCUT2D eigenvalue weighted by Gasteiger charge is -2.10. The van der Waals surface area contributed by atoms with E-state index in [1.807, 2.05) is 12.1 Å². The molecule has 158 valence electrons. The normalized spacial score (nSPS) is 10.4. The first kappa shape index (κ1) is 22.4. The van der Waals surface area contributed by atoms with E-state index in [4.69, 9.17) is 16.7 Å². The summed E-state index contributed by atoms with van der Waals surface area (Å²) in [5.74, 6) is -1.40. The first-order valence-electron chi connectivity index (χ1n) is 9.25. The molecule has 0 aliphatic carbocycles. The molecule has 0 aliphatic rings. The van der Waals surface area contributed by atoms with Gasteiger partial charge in [0.2, 0.25) is 5.91 Å². The second kappa shape index (κ2) is 10.1. The summed E-state index contributed by atoms with van der Waals surface area (Å²) in [5, 5.41) is 15.1. The van der Waals surface area contributed by atoms with Gasteiger partial charge in [0.1, 0.15) is 0 Å². The summed E-state index contributed by atoms with van der Waals surface area (Å²) in [6.07, 6.45) is 0. The summed E-state index contributed by atoms with van der Waals surface area (Å²) in [7, 11) is 0. The Morgan fingerprint density at radius 2 is 1.68 bits per heavy atom. The highest BCUT2D eigenvalue weighted by Gasteiger charge is 2.10. The Balaban J connectivity index is 1.54. The lowest BCUT2D eigenvalue weighted by Crippen LogP contribution is -2.15. The van der Waals surface area contributed by atoms with Gasteiger partial charge in [-0.25, -0.2) is 4.79 Å². The van der Waals surface area contributed by atoms with Gasteiger partial charge in [0, 0.05) is 26.9 Å². The van der Waals surface area contributed by atoms with Crippen molar-refractivity contribution in [3.05, 3.63) is 88.4 Å². The van der Waals surface area contributed by atoms with Crippen molar-refractivity contribution in [2.75, 3.05) is 16.4 Å². The molecule has 0 heterocycles. The summed E-state index contributed by atoms with van der Waals surface area (Å²) >= 11 is 7.24. The van der Waals surface area contributed by atoms with E-state index in [1.54, 1.807) is 49.4 Å². The van der Waals surface area contributed by atoms with Gasteiger partial charge in [0.15, 0.2) is 0 Å². The molecule has 0 spiro atoms. The topological polar surface area (TPSA) is 95.5 Å². The fourth-order valence-corrected chi connectivity index (χ4v) is 3.58. The Labute approximate surface area is 188 Å². The molecule has 3 N–H and O–H groups in total. The Hall–Kier alpha value is -3.29. The second-order valence-electron chi connectivity index (χ2n) is 6.66. The molecule has 0 saturated heterocycles. The molecule has 2 amide bonds. The van der Waals surface area contributed by atoms with Crippen molar-refractivity contribution >= 4 is 52.5 Å². The number of anilines is 2. The minimum Gasteiger partial charge on any atom is -0.478 e. The Morgan fingerprint density at radius 3 is 2.35 bits per heavy atom. The van der Waals surface area contributed by atoms with Crippen molar-refractivity contribution in [1.82, 2.24) is 0 Å². The van der Waals surface area contributed by atoms with E-state index in [0.29, 0.717) is 22.0 Å². The maximum atomic E-state index is 12.3. The fourth-order valence-electron chi connectivity index (χ4n) is 2.69. The van der Waals surface area contributed by atoms with Crippen LogP contribution in [0, 0.1) is 6.92 Å². The number of rotatable bonds is 7. The number of aromatic carboxylic acids is 1. The van der Waals surface area contributed by atoms with Crippen LogP contribution in [0.1, 0.15) is 26.3 Å². The molecule has 0 bridgehead atoms. The number of aryl methyl sites for hydroxylation is 1. The molecule has 0 atom stereocenters. The number of carboxylic acid groups (broad SMARTS) is 1. The predicted octanol–water partition coefficient (Wildman–Crippen LogP) is 5.33. The Bertz CT molecular complexity index is 1130. The average molecular weight is 455 g/mol. The Kier molecular flexibility index (Phi) is 7.33. The van der Waals surface area contributed by atoms with Crippen molar-refractivity contribution in [2.45, 2.75) is 11.8 Å². The standard InChI is InChI=1S/C23H19ClN2O4S/c1-14-5-6-16(23(29)30)12-20(14)26-21(27)13-31-19-9-7-18(8-10-19)25-22(28)15-3-2-4-17(24)11-15/h2-12H,13H2,1H3,(H,25,28)(H,26,27)(H,29,30). The molecule has 0 radical (unpaired) electrons. The largest absolute Gasteiger partial charge is 0.478 e. The minimum absolute atomic E-state index is 0.115. The number of carbonyl (C=O) groups is 3. The van der Waals surface area contributed by atoms with E-state index in [0.717, 1.165) is 10.5 Å². The minimum atomic E-state index is -1.05. The van der Waals surface area contributed by atoms with Crippen LogP contribution in [0.25, 0.3) is 0 Å². The molecule has 31 heavy (non-hydrogen) atoms. The third-order valence-electron chi connectivity index (χ3n) is 4.33. The lowest BCUT2D eigenvalue weighted by molar-refractivity contribution is -0.113. The van der Waals surface area contributed by atoms with E-state index >= 15 is 0 Å². The van der Waals surface area contributed by atoms with Crippen molar-refractivity contribution in [2.24, 2.45) is 0 Å². The predicted molar refractivity (Wildman–Crippen MR) is 123 cm³/mol. The highest BCUT2D eigenvalue weighted by atomic mass is 35.5. The van der Waals surface area contributed by atoms with Crippen LogP contribution in [0.15, 0.2) is 71.6 Å². The number of benzene rings is 3. The molecule has 0 unspecified atom stereocenters. The number of hydrogen-bond donors (Lipinski definition) is 3. The van der Waals surface area contributed by atoms with E-state index in [-0.39, 0.29) is 23.1 Å². The van der Waals surface area contributed by atoms with Crippen LogP contribution < -0.4 is 10.6 Å². The summed E-state index contributed by atoms with van der Waals surface area (Å²) < 4.78 is 0. The zero-order valence-corrected chi connectivity index (χ0v) is 18.1. The van der Waals surface area contributed by atoms with E-state index in [1.165, 1.54) is 23.9 Å². The van der Waals surface area contributed by atoms with Crippen molar-refractivity contribution in [1.29, 1.82) is 0 Å². The van der Waals surface area contributed by atoms with Gasteiger partial charge in [-0.3, -0.25) is 9.59 Å². The SMILES string of the molecule is Cc1ccc(C(=O)O)cc1NC(=O)CSc1ccc(NC(=O)c2cccc(Cl)c2)cc1. The van der Waals surface area contributed by atoms with E-state index in [2.05, 4.69) is 10.6 Å². The molecule has 3 rings (SSSR count). The van der Waals surface area contributed by atoms with Gasteiger partial charge in [-0.05, 0) is 67.1 Å². The number of halogens is 1. The first-order chi connectivity index (χ1) is 14.8. The van der Waals surface area contributed by atoms with Crippen molar-refractivity contribution < 1.29 is 19.5 Å². The zero-order valence-electron chi connectivity index (χ0n) is 16.5. The number of thioether (sulfide) groups is 1. The molecular weight excluding hydrogens is 436 g/mol. The molecule has 3 aromatic carbocycles. The van der Waals surface area contributed by atoms with E-state index in [9.17, 15) is 14.4 Å². The molecule has 8 heteroatoms. The summed E-state index contributed by atoms with van der Waals surface area (Å²) in [6.45, 7) is 1.80. The second-order valence-corrected chi connectivity index (χ2v) is 8.15.